The van der Waals surface area contributed by atoms with Crippen LogP contribution in [0.25, 0.3) is 11.1 Å². The number of aliphatic hydroxyl groups excluding tert-OH is 2. The molecule has 1 saturated heterocycles. The molecule has 2 amide bonds. The number of benzene rings is 3. The summed E-state index contributed by atoms with van der Waals surface area (Å²) >= 11 is 5.86. The Labute approximate surface area is 369 Å². The summed E-state index contributed by atoms with van der Waals surface area (Å²) in [5.74, 6) is -0.176. The van der Waals surface area contributed by atoms with E-state index < -0.39 is 35.7 Å². The molecule has 13 nitrogen and oxygen atoms in total. The molecule has 7 rings (SSSR count). The van der Waals surface area contributed by atoms with E-state index in [1.807, 2.05) is 125 Å². The minimum atomic E-state index is -0.833. The molecule has 5 aromatic rings. The lowest BCUT2D eigenvalue weighted by atomic mass is 9.91. The number of nitrogens with zero attached hydrogens (tertiary/aromatic N) is 5. The van der Waals surface area contributed by atoms with Crippen LogP contribution in [0.3, 0.4) is 0 Å². The van der Waals surface area contributed by atoms with Gasteiger partial charge in [-0.05, 0) is 86.1 Å². The second-order valence-corrected chi connectivity index (χ2v) is 17.7. The average Bonchev–Trinajstić information content (AvgIpc) is 3.55. The van der Waals surface area contributed by atoms with E-state index in [2.05, 4.69) is 35.4 Å². The molecule has 2 aliphatic rings. The van der Waals surface area contributed by atoms with Crippen LogP contribution in [0.5, 0.6) is 0 Å². The largest absolute Gasteiger partial charge is 0.392 e. The number of nitrogen functional groups attached to an aromatic ring is 2. The van der Waals surface area contributed by atoms with E-state index in [0.29, 0.717) is 43.3 Å². The van der Waals surface area contributed by atoms with Gasteiger partial charge >= 0.3 is 0 Å². The number of nitrogens with one attached hydrogen (secondary N) is 2. The van der Waals surface area contributed by atoms with Crippen LogP contribution in [0.4, 0.5) is 11.8 Å². The number of aromatic nitrogens is 3. The quantitative estimate of drug-likeness (QED) is 0.0889. The maximum Gasteiger partial charge on any atom is 0.239 e. The highest BCUT2D eigenvalue weighted by molar-refractivity contribution is 6.30. The third-order valence-electron chi connectivity index (χ3n) is 11.2. The van der Waals surface area contributed by atoms with Crippen LogP contribution in [0.15, 0.2) is 103 Å². The molecule has 5 atom stereocenters. The standard InChI is InChI=1S/C36H47N5O4.C12H13ClN4/c1-36(2,3)39-35(45)31-24-40(22-26-12-9-15-37-21-26)16-17-41(31)23-29(42)19-28(18-25-10-5-4-6-11-25)34(44)38-33-30-14-8-7-13-27(30)20-32(33)43;1-2-9-10(11(14)17-12(15)16-9)7-3-5-8(13)6-4-7/h4-15,21,28-29,31-33,42-43H,16-20,22-24H2,1-3H3,(H,38,44)(H,39,45);3-6H,2H2,1H3,(H4,14,15,16,17)/t28-,29-,31-,32+,33-;/m0./s1. The predicted octanol–water partition coefficient (Wildman–Crippen LogP) is 5.39. The topological polar surface area (TPSA) is 196 Å². The molecule has 3 aromatic carbocycles. The number of anilines is 2. The smallest absolute Gasteiger partial charge is 0.239 e. The first-order valence-corrected chi connectivity index (χ1v) is 21.7. The number of pyridine rings is 1. The number of rotatable bonds is 13. The average molecular weight is 863 g/mol. The Kier molecular flexibility index (Phi) is 15.7. The fraction of sp³-hybridized carbons (Fsp3) is 0.396. The van der Waals surface area contributed by atoms with Gasteiger partial charge in [0.25, 0.3) is 0 Å². The molecule has 2 aromatic heterocycles. The summed E-state index contributed by atoms with van der Waals surface area (Å²) in [5.41, 5.74) is 17.8. The molecular formula is C48H60ClN9O4. The van der Waals surface area contributed by atoms with E-state index in [9.17, 15) is 19.8 Å². The zero-order valence-electron chi connectivity index (χ0n) is 36.0. The number of aliphatic hydroxyl groups is 2. The van der Waals surface area contributed by atoms with E-state index in [4.69, 9.17) is 23.1 Å². The second-order valence-electron chi connectivity index (χ2n) is 17.2. The molecule has 1 aliphatic heterocycles. The molecule has 0 bridgehead atoms. The number of hydrogen-bond acceptors (Lipinski definition) is 11. The number of nitrogens with two attached hydrogens (primary N) is 2. The van der Waals surface area contributed by atoms with Crippen molar-refractivity contribution in [2.45, 2.75) is 89.8 Å². The Morgan fingerprint density at radius 1 is 0.935 bits per heavy atom. The summed E-state index contributed by atoms with van der Waals surface area (Å²) in [6, 6.07) is 28.0. The maximum absolute atomic E-state index is 13.8. The molecule has 0 saturated carbocycles. The zero-order chi connectivity index (χ0) is 44.4. The van der Waals surface area contributed by atoms with Crippen LogP contribution < -0.4 is 22.1 Å². The van der Waals surface area contributed by atoms with Gasteiger partial charge in [-0.2, -0.15) is 4.98 Å². The minimum Gasteiger partial charge on any atom is -0.392 e. The van der Waals surface area contributed by atoms with Crippen molar-refractivity contribution in [2.75, 3.05) is 37.6 Å². The van der Waals surface area contributed by atoms with Gasteiger partial charge in [0.15, 0.2) is 0 Å². The normalized spacial score (nSPS) is 18.8. The van der Waals surface area contributed by atoms with Crippen LogP contribution in [0.2, 0.25) is 5.02 Å². The van der Waals surface area contributed by atoms with Crippen molar-refractivity contribution in [3.63, 3.8) is 0 Å². The molecule has 62 heavy (non-hydrogen) atoms. The highest BCUT2D eigenvalue weighted by Crippen LogP contribution is 2.32. The monoisotopic (exact) mass is 861 g/mol. The molecule has 8 N–H and O–H groups in total. The van der Waals surface area contributed by atoms with Gasteiger partial charge in [0.2, 0.25) is 17.8 Å². The van der Waals surface area contributed by atoms with E-state index in [1.165, 1.54) is 0 Å². The summed E-state index contributed by atoms with van der Waals surface area (Å²) < 4.78 is 0. The van der Waals surface area contributed by atoms with Crippen LogP contribution in [0, 0.1) is 5.92 Å². The summed E-state index contributed by atoms with van der Waals surface area (Å²) in [4.78, 5) is 44.1. The van der Waals surface area contributed by atoms with Gasteiger partial charge in [0, 0.05) is 73.6 Å². The number of carbonyl (C=O) groups excluding carboxylic acids is 2. The lowest BCUT2D eigenvalue weighted by molar-refractivity contribution is -0.132. The van der Waals surface area contributed by atoms with Gasteiger partial charge in [-0.3, -0.25) is 24.4 Å². The van der Waals surface area contributed by atoms with Crippen molar-refractivity contribution in [3.8, 4) is 11.1 Å². The molecule has 14 heteroatoms. The van der Waals surface area contributed by atoms with E-state index in [0.717, 1.165) is 52.0 Å². The van der Waals surface area contributed by atoms with Gasteiger partial charge in [-0.1, -0.05) is 91.3 Å². The van der Waals surface area contributed by atoms with Crippen molar-refractivity contribution in [1.82, 2.24) is 35.4 Å². The number of aryl methyl sites for hydroxylation is 1. The molecule has 0 radical (unpaired) electrons. The predicted molar refractivity (Wildman–Crippen MR) is 245 cm³/mol. The molecular weight excluding hydrogens is 802 g/mol. The van der Waals surface area contributed by atoms with Crippen molar-refractivity contribution >= 4 is 35.2 Å². The SMILES string of the molecule is CC(C)(C)NC(=O)[C@@H]1CN(Cc2cccnc2)CCN1C[C@@H](O)C[C@H](Cc1ccccc1)C(=O)N[C@H]1c2ccccc2C[C@H]1O.CCc1nc(N)nc(N)c1-c1ccc(Cl)cc1. The summed E-state index contributed by atoms with van der Waals surface area (Å²) in [7, 11) is 0. The fourth-order valence-corrected chi connectivity index (χ4v) is 8.42. The number of carbonyl (C=O) groups is 2. The van der Waals surface area contributed by atoms with Gasteiger partial charge in [-0.25, -0.2) is 4.98 Å². The first kappa shape index (κ1) is 46.1. The Morgan fingerprint density at radius 3 is 2.34 bits per heavy atom. The molecule has 1 aliphatic carbocycles. The van der Waals surface area contributed by atoms with E-state index in [-0.39, 0.29) is 30.7 Å². The van der Waals surface area contributed by atoms with Gasteiger partial charge in [-0.15, -0.1) is 0 Å². The second kappa shape index (κ2) is 21.1. The Hall–Kier alpha value is -5.44. The lowest BCUT2D eigenvalue weighted by Crippen LogP contribution is -2.61. The summed E-state index contributed by atoms with van der Waals surface area (Å²) in [6.07, 6.45) is 4.01. The van der Waals surface area contributed by atoms with Crippen LogP contribution in [0.1, 0.15) is 68.1 Å². The number of β-amino-alcohol motifs (C(OH)–C–C–N with tert-alkyl or cyclic N) is 1. The first-order chi connectivity index (χ1) is 29.7. The highest BCUT2D eigenvalue weighted by Gasteiger charge is 2.37. The van der Waals surface area contributed by atoms with Crippen molar-refractivity contribution in [3.05, 3.63) is 136 Å². The van der Waals surface area contributed by atoms with E-state index >= 15 is 0 Å². The highest BCUT2D eigenvalue weighted by atomic mass is 35.5. The Bertz CT molecular complexity index is 2240. The Balaban J connectivity index is 0.000000314. The molecule has 328 valence electrons. The third-order valence-corrected chi connectivity index (χ3v) is 11.5. The fourth-order valence-electron chi connectivity index (χ4n) is 8.30. The minimum absolute atomic E-state index is 0.0712. The van der Waals surface area contributed by atoms with Gasteiger partial charge in [0.05, 0.1) is 23.9 Å². The summed E-state index contributed by atoms with van der Waals surface area (Å²) in [5, 5.41) is 29.2. The van der Waals surface area contributed by atoms with Crippen molar-refractivity contribution < 1.29 is 19.8 Å². The summed E-state index contributed by atoms with van der Waals surface area (Å²) in [6.45, 7) is 10.7. The molecule has 0 unspecified atom stereocenters. The maximum atomic E-state index is 13.8. The number of hydrogen-bond donors (Lipinski definition) is 6. The lowest BCUT2D eigenvalue weighted by Gasteiger charge is -2.42. The van der Waals surface area contributed by atoms with E-state index in [1.54, 1.807) is 6.20 Å². The van der Waals surface area contributed by atoms with Crippen molar-refractivity contribution in [2.24, 2.45) is 5.92 Å². The van der Waals surface area contributed by atoms with Crippen LogP contribution in [-0.2, 0) is 35.4 Å². The zero-order valence-corrected chi connectivity index (χ0v) is 36.8. The van der Waals surface area contributed by atoms with Gasteiger partial charge in [0.1, 0.15) is 11.9 Å². The molecule has 0 spiro atoms. The third kappa shape index (κ3) is 12.6. The number of fused-ring (bicyclic) bond motifs is 1. The molecule has 3 heterocycles. The van der Waals surface area contributed by atoms with Crippen LogP contribution in [-0.4, -0.2) is 96.7 Å². The van der Waals surface area contributed by atoms with Gasteiger partial charge < -0.3 is 32.3 Å². The number of piperazine rings is 1. The number of halogens is 1. The number of amides is 2. The Morgan fingerprint density at radius 2 is 1.65 bits per heavy atom. The molecule has 1 fully saturated rings. The van der Waals surface area contributed by atoms with Crippen LogP contribution >= 0.6 is 11.6 Å². The van der Waals surface area contributed by atoms with Crippen molar-refractivity contribution in [1.29, 1.82) is 0 Å². The first-order valence-electron chi connectivity index (χ1n) is 21.3.